The van der Waals surface area contributed by atoms with Crippen LogP contribution in [0.1, 0.15) is 5.89 Å². The van der Waals surface area contributed by atoms with Crippen molar-refractivity contribution in [1.29, 1.82) is 0 Å². The van der Waals surface area contributed by atoms with Gasteiger partial charge in [0.2, 0.25) is 5.89 Å². The van der Waals surface area contributed by atoms with Crippen LogP contribution in [0.3, 0.4) is 0 Å². The Morgan fingerprint density at radius 2 is 1.81 bits per heavy atom. The molecule has 0 fully saturated rings. The Labute approximate surface area is 153 Å². The van der Waals surface area contributed by atoms with E-state index in [-0.39, 0.29) is 24.6 Å². The summed E-state index contributed by atoms with van der Waals surface area (Å²) >= 11 is 0. The van der Waals surface area contributed by atoms with Gasteiger partial charge in [-0.1, -0.05) is 30.3 Å². The highest BCUT2D eigenvalue weighted by molar-refractivity contribution is 5.77. The van der Waals surface area contributed by atoms with Gasteiger partial charge in [-0.3, -0.25) is 14.2 Å². The monoisotopic (exact) mass is 362 g/mol. The van der Waals surface area contributed by atoms with E-state index in [9.17, 15) is 9.59 Å². The van der Waals surface area contributed by atoms with Crippen LogP contribution >= 0.6 is 0 Å². The Hall–Kier alpha value is -3.81. The van der Waals surface area contributed by atoms with Gasteiger partial charge in [0.1, 0.15) is 6.54 Å². The molecule has 0 bridgehead atoms. The minimum Gasteiger partial charge on any atom is -0.454 e. The predicted octanol–water partition coefficient (Wildman–Crippen LogP) is 2.19. The predicted molar refractivity (Wildman–Crippen MR) is 95.5 cm³/mol. The number of benzene rings is 2. The maximum absolute atomic E-state index is 12.2. The van der Waals surface area contributed by atoms with Crippen molar-refractivity contribution >= 4 is 17.0 Å². The highest BCUT2D eigenvalue weighted by Gasteiger charge is 2.13. The Balaban J connectivity index is 1.45. The number of fused-ring (bicyclic) bond motifs is 1. The average molecular weight is 362 g/mol. The van der Waals surface area contributed by atoms with Crippen molar-refractivity contribution in [3.63, 3.8) is 0 Å². The van der Waals surface area contributed by atoms with Gasteiger partial charge in [-0.2, -0.15) is 0 Å². The number of rotatable bonds is 5. The summed E-state index contributed by atoms with van der Waals surface area (Å²) in [5, 5.41) is 7.80. The van der Waals surface area contributed by atoms with E-state index < -0.39 is 5.97 Å². The number of aromatic nitrogens is 4. The highest BCUT2D eigenvalue weighted by Crippen LogP contribution is 2.17. The van der Waals surface area contributed by atoms with Crippen molar-refractivity contribution in [1.82, 2.24) is 19.7 Å². The molecule has 27 heavy (non-hydrogen) atoms. The fraction of sp³-hybridized carbons (Fsp3) is 0.105. The first-order chi connectivity index (χ1) is 13.2. The molecule has 0 amide bonds. The van der Waals surface area contributed by atoms with E-state index in [0.29, 0.717) is 16.9 Å². The van der Waals surface area contributed by atoms with E-state index in [0.717, 1.165) is 5.56 Å². The minimum absolute atomic E-state index is 0.170. The average Bonchev–Trinajstić information content (AvgIpc) is 3.18. The van der Waals surface area contributed by atoms with Gasteiger partial charge in [0, 0.05) is 5.56 Å². The molecule has 0 spiro atoms. The second-order valence-electron chi connectivity index (χ2n) is 5.70. The van der Waals surface area contributed by atoms with E-state index in [4.69, 9.17) is 9.15 Å². The Morgan fingerprint density at radius 1 is 1.04 bits per heavy atom. The summed E-state index contributed by atoms with van der Waals surface area (Å²) < 4.78 is 12.0. The van der Waals surface area contributed by atoms with Crippen molar-refractivity contribution in [2.24, 2.45) is 0 Å². The van der Waals surface area contributed by atoms with Gasteiger partial charge in [-0.25, -0.2) is 4.98 Å². The minimum atomic E-state index is -0.590. The molecule has 4 rings (SSSR count). The summed E-state index contributed by atoms with van der Waals surface area (Å²) in [7, 11) is 0. The fourth-order valence-electron chi connectivity index (χ4n) is 2.60. The number of carbonyl (C=O) groups is 1. The lowest BCUT2D eigenvalue weighted by atomic mass is 10.2. The molecule has 2 heterocycles. The van der Waals surface area contributed by atoms with Crippen LogP contribution in [0.2, 0.25) is 0 Å². The molecule has 0 aliphatic carbocycles. The number of nitrogens with zero attached hydrogens (tertiary/aromatic N) is 4. The summed E-state index contributed by atoms with van der Waals surface area (Å²) in [6.07, 6.45) is 1.18. The fourth-order valence-corrected chi connectivity index (χ4v) is 2.60. The quantitative estimate of drug-likeness (QED) is 0.502. The smallest absolute Gasteiger partial charge is 0.326 e. The number of para-hydroxylation sites is 2. The van der Waals surface area contributed by atoms with Crippen molar-refractivity contribution in [2.45, 2.75) is 13.2 Å². The maximum Gasteiger partial charge on any atom is 0.326 e. The van der Waals surface area contributed by atoms with Crippen LogP contribution in [-0.4, -0.2) is 25.7 Å². The van der Waals surface area contributed by atoms with Gasteiger partial charge in [-0.15, -0.1) is 10.2 Å². The molecule has 0 radical (unpaired) electrons. The first-order valence-corrected chi connectivity index (χ1v) is 8.19. The van der Waals surface area contributed by atoms with Gasteiger partial charge in [-0.05, 0) is 24.3 Å². The third-order valence-electron chi connectivity index (χ3n) is 3.88. The number of carbonyl (C=O) groups excluding carboxylic acids is 1. The van der Waals surface area contributed by atoms with Crippen molar-refractivity contribution in [2.75, 3.05) is 0 Å². The van der Waals surface area contributed by atoms with Gasteiger partial charge in [0.15, 0.2) is 6.61 Å². The molecule has 4 aromatic rings. The summed E-state index contributed by atoms with van der Waals surface area (Å²) in [5.41, 5.74) is 1.58. The molecule has 8 nitrogen and oxygen atoms in total. The zero-order chi connectivity index (χ0) is 18.6. The van der Waals surface area contributed by atoms with Gasteiger partial charge < -0.3 is 9.15 Å². The number of ether oxygens (including phenoxy) is 1. The molecule has 0 saturated carbocycles. The second-order valence-corrected chi connectivity index (χ2v) is 5.70. The van der Waals surface area contributed by atoms with Crippen LogP contribution < -0.4 is 5.56 Å². The molecule has 2 aromatic carbocycles. The highest BCUT2D eigenvalue weighted by atomic mass is 16.5. The lowest BCUT2D eigenvalue weighted by Gasteiger charge is -2.08. The van der Waals surface area contributed by atoms with Gasteiger partial charge >= 0.3 is 5.97 Å². The SMILES string of the molecule is O=C(Cn1c(=O)cnc2ccccc21)OCc1nnc(-c2ccccc2)o1. The van der Waals surface area contributed by atoms with Crippen molar-refractivity contribution in [3.05, 3.63) is 77.0 Å². The molecule has 134 valence electrons. The topological polar surface area (TPSA) is 100 Å². The first kappa shape index (κ1) is 16.6. The van der Waals surface area contributed by atoms with Crippen molar-refractivity contribution in [3.8, 4) is 11.5 Å². The van der Waals surface area contributed by atoms with Crippen LogP contribution in [0.25, 0.3) is 22.5 Å². The molecule has 0 saturated heterocycles. The van der Waals surface area contributed by atoms with Gasteiger partial charge in [0.05, 0.1) is 17.2 Å². The lowest BCUT2D eigenvalue weighted by molar-refractivity contribution is -0.146. The van der Waals surface area contributed by atoms with E-state index in [1.54, 1.807) is 18.2 Å². The molecule has 0 aliphatic heterocycles. The number of hydrogen-bond donors (Lipinski definition) is 0. The third-order valence-corrected chi connectivity index (χ3v) is 3.88. The molecule has 0 unspecified atom stereocenters. The summed E-state index contributed by atoms with van der Waals surface area (Å²) in [6.45, 7) is -0.405. The molecule has 8 heteroatoms. The molecular formula is C19H14N4O4. The standard InChI is InChI=1S/C19H14N4O4/c24-17-10-20-14-8-4-5-9-15(14)23(17)11-18(25)26-12-16-21-22-19(27-16)13-6-2-1-3-7-13/h1-10H,11-12H2. The summed E-state index contributed by atoms with van der Waals surface area (Å²) in [6, 6.07) is 16.3. The summed E-state index contributed by atoms with van der Waals surface area (Å²) in [4.78, 5) is 28.3. The van der Waals surface area contributed by atoms with Crippen LogP contribution in [0.5, 0.6) is 0 Å². The van der Waals surface area contributed by atoms with E-state index in [1.165, 1.54) is 10.8 Å². The van der Waals surface area contributed by atoms with E-state index >= 15 is 0 Å². The lowest BCUT2D eigenvalue weighted by Crippen LogP contribution is -2.25. The molecule has 0 N–H and O–H groups in total. The van der Waals surface area contributed by atoms with Crippen LogP contribution in [0.4, 0.5) is 0 Å². The third kappa shape index (κ3) is 3.59. The van der Waals surface area contributed by atoms with Crippen LogP contribution in [0.15, 0.2) is 70.0 Å². The van der Waals surface area contributed by atoms with Gasteiger partial charge in [0.25, 0.3) is 11.4 Å². The number of esters is 1. The Kier molecular flexibility index (Phi) is 4.44. The zero-order valence-electron chi connectivity index (χ0n) is 14.1. The molecule has 2 aromatic heterocycles. The van der Waals surface area contributed by atoms with E-state index in [2.05, 4.69) is 15.2 Å². The largest absolute Gasteiger partial charge is 0.454 e. The molecular weight excluding hydrogens is 348 g/mol. The van der Waals surface area contributed by atoms with Crippen molar-refractivity contribution < 1.29 is 13.9 Å². The first-order valence-electron chi connectivity index (χ1n) is 8.19. The zero-order valence-corrected chi connectivity index (χ0v) is 14.1. The van der Waals surface area contributed by atoms with Crippen LogP contribution in [-0.2, 0) is 22.7 Å². The summed E-state index contributed by atoms with van der Waals surface area (Å²) in [5.74, 6) is -0.0694. The Bertz CT molecular complexity index is 1150. The molecule has 0 aliphatic rings. The number of hydrogen-bond acceptors (Lipinski definition) is 7. The molecule has 0 atom stereocenters. The van der Waals surface area contributed by atoms with Crippen LogP contribution in [0, 0.1) is 0 Å². The normalized spacial score (nSPS) is 10.8. The Morgan fingerprint density at radius 3 is 2.67 bits per heavy atom. The van der Waals surface area contributed by atoms with E-state index in [1.807, 2.05) is 36.4 Å². The maximum atomic E-state index is 12.2. The second kappa shape index (κ2) is 7.20.